The first kappa shape index (κ1) is 27.8. The van der Waals surface area contributed by atoms with Gasteiger partial charge in [-0.05, 0) is 37.2 Å². The van der Waals surface area contributed by atoms with Crippen molar-refractivity contribution >= 4 is 24.0 Å². The number of hydrogen-bond acceptors (Lipinski definition) is 4. The van der Waals surface area contributed by atoms with Gasteiger partial charge in [-0.3, -0.25) is 19.2 Å². The summed E-state index contributed by atoms with van der Waals surface area (Å²) in [4.78, 5) is 44.6. The van der Waals surface area contributed by atoms with Gasteiger partial charge in [-0.25, -0.2) is 0 Å². The van der Waals surface area contributed by atoms with Crippen molar-refractivity contribution in [3.63, 3.8) is 0 Å². The summed E-state index contributed by atoms with van der Waals surface area (Å²) in [6.07, 6.45) is 2.57. The highest BCUT2D eigenvalue weighted by molar-refractivity contribution is 5.98. The van der Waals surface area contributed by atoms with Gasteiger partial charge < -0.3 is 10.2 Å². The summed E-state index contributed by atoms with van der Waals surface area (Å²) < 4.78 is 0. The second kappa shape index (κ2) is 14.7. The molecule has 0 heterocycles. The highest BCUT2D eigenvalue weighted by atomic mass is 16.4. The van der Waals surface area contributed by atoms with E-state index in [-0.39, 0.29) is 25.0 Å². The first-order chi connectivity index (χ1) is 15.7. The SMILES string of the molecule is CC(C)Cc1ccc(C=O)cc1.CCC(CC(CCC(=O)O)C(=O)c1ccccc1)C(=O)O. The molecule has 2 aromatic rings. The van der Waals surface area contributed by atoms with E-state index in [1.54, 1.807) is 37.3 Å². The van der Waals surface area contributed by atoms with E-state index >= 15 is 0 Å². The topological polar surface area (TPSA) is 109 Å². The largest absolute Gasteiger partial charge is 0.481 e. The Labute approximate surface area is 195 Å². The molecule has 6 nitrogen and oxygen atoms in total. The van der Waals surface area contributed by atoms with Crippen LogP contribution >= 0.6 is 0 Å². The van der Waals surface area contributed by atoms with Crippen LogP contribution in [0.3, 0.4) is 0 Å². The molecule has 0 saturated heterocycles. The van der Waals surface area contributed by atoms with Crippen molar-refractivity contribution in [2.45, 2.75) is 52.9 Å². The molecule has 0 radical (unpaired) electrons. The Morgan fingerprint density at radius 2 is 1.52 bits per heavy atom. The summed E-state index contributed by atoms with van der Waals surface area (Å²) in [6, 6.07) is 16.3. The summed E-state index contributed by atoms with van der Waals surface area (Å²) in [5, 5.41) is 17.9. The number of carbonyl (C=O) groups is 4. The number of rotatable bonds is 12. The van der Waals surface area contributed by atoms with Crippen LogP contribution in [0.4, 0.5) is 0 Å². The van der Waals surface area contributed by atoms with E-state index in [0.29, 0.717) is 17.9 Å². The molecule has 0 aliphatic carbocycles. The van der Waals surface area contributed by atoms with E-state index in [4.69, 9.17) is 10.2 Å². The summed E-state index contributed by atoms with van der Waals surface area (Å²) in [5.74, 6) is -2.65. The van der Waals surface area contributed by atoms with Gasteiger partial charge in [-0.2, -0.15) is 0 Å². The predicted octanol–water partition coefficient (Wildman–Crippen LogP) is 5.55. The maximum absolute atomic E-state index is 12.4. The van der Waals surface area contributed by atoms with Crippen LogP contribution in [-0.2, 0) is 16.0 Å². The van der Waals surface area contributed by atoms with Crippen LogP contribution in [0.15, 0.2) is 54.6 Å². The second-order valence-electron chi connectivity index (χ2n) is 8.50. The van der Waals surface area contributed by atoms with Gasteiger partial charge in [0, 0.05) is 23.5 Å². The number of benzene rings is 2. The van der Waals surface area contributed by atoms with E-state index in [1.165, 1.54) is 5.56 Å². The summed E-state index contributed by atoms with van der Waals surface area (Å²) in [6.45, 7) is 6.13. The minimum Gasteiger partial charge on any atom is -0.481 e. The van der Waals surface area contributed by atoms with Crippen molar-refractivity contribution in [1.29, 1.82) is 0 Å². The Kier molecular flexibility index (Phi) is 12.4. The van der Waals surface area contributed by atoms with Crippen LogP contribution in [0.2, 0.25) is 0 Å². The van der Waals surface area contributed by atoms with Gasteiger partial charge in [0.2, 0.25) is 0 Å². The average Bonchev–Trinajstić information content (AvgIpc) is 2.79. The molecular weight excluding hydrogens is 420 g/mol. The zero-order chi connectivity index (χ0) is 24.8. The number of carbonyl (C=O) groups excluding carboxylic acids is 2. The fourth-order valence-corrected chi connectivity index (χ4v) is 3.48. The van der Waals surface area contributed by atoms with Crippen LogP contribution in [0.1, 0.15) is 72.7 Å². The summed E-state index contributed by atoms with van der Waals surface area (Å²) in [7, 11) is 0. The number of aliphatic carboxylic acids is 2. The molecule has 0 fully saturated rings. The lowest BCUT2D eigenvalue weighted by Crippen LogP contribution is -2.23. The molecule has 0 aliphatic heterocycles. The average molecular weight is 455 g/mol. The number of aldehydes is 1. The summed E-state index contributed by atoms with van der Waals surface area (Å²) in [5.41, 5.74) is 2.55. The smallest absolute Gasteiger partial charge is 0.306 e. The van der Waals surface area contributed by atoms with Gasteiger partial charge in [0.15, 0.2) is 5.78 Å². The monoisotopic (exact) mass is 454 g/mol. The van der Waals surface area contributed by atoms with Crippen molar-refractivity contribution in [2.75, 3.05) is 0 Å². The Morgan fingerprint density at radius 1 is 0.909 bits per heavy atom. The molecule has 0 spiro atoms. The maximum atomic E-state index is 12.4. The van der Waals surface area contributed by atoms with Gasteiger partial charge in [-0.15, -0.1) is 0 Å². The summed E-state index contributed by atoms with van der Waals surface area (Å²) >= 11 is 0. The third-order valence-electron chi connectivity index (χ3n) is 5.31. The molecule has 0 aliphatic rings. The van der Waals surface area contributed by atoms with Crippen LogP contribution in [0.5, 0.6) is 0 Å². The fraction of sp³-hybridized carbons (Fsp3) is 0.407. The number of Topliss-reactive ketones (excluding diaryl/α,β-unsaturated/α-hetero) is 1. The lowest BCUT2D eigenvalue weighted by Gasteiger charge is -2.19. The van der Waals surface area contributed by atoms with Crippen molar-refractivity contribution in [1.82, 2.24) is 0 Å². The standard InChI is InChI=1S/C16H20O5.C11H14O/c1-2-11(16(20)21)10-13(8-9-14(17)18)15(19)12-6-4-3-5-7-12;1-9(2)7-10-3-5-11(8-12)6-4-10/h3-7,11,13H,2,8-10H2,1H3,(H,17,18)(H,20,21);3-6,8-9H,7H2,1-2H3. The van der Waals surface area contributed by atoms with Crippen molar-refractivity contribution in [3.05, 3.63) is 71.3 Å². The Morgan fingerprint density at radius 3 is 1.97 bits per heavy atom. The molecule has 0 bridgehead atoms. The van der Waals surface area contributed by atoms with Crippen molar-refractivity contribution in [2.24, 2.45) is 17.8 Å². The molecule has 6 heteroatoms. The lowest BCUT2D eigenvalue weighted by molar-refractivity contribution is -0.142. The Hall–Kier alpha value is -3.28. The molecule has 0 aromatic heterocycles. The Balaban J connectivity index is 0.000000383. The molecule has 2 unspecified atom stereocenters. The fourth-order valence-electron chi connectivity index (χ4n) is 3.48. The number of carboxylic acid groups (broad SMARTS) is 2. The minimum absolute atomic E-state index is 0.140. The van der Waals surface area contributed by atoms with E-state index < -0.39 is 23.8 Å². The van der Waals surface area contributed by atoms with Crippen LogP contribution in [0, 0.1) is 17.8 Å². The molecule has 178 valence electrons. The number of hydrogen-bond donors (Lipinski definition) is 2. The molecule has 2 rings (SSSR count). The third kappa shape index (κ3) is 10.7. The highest BCUT2D eigenvalue weighted by Gasteiger charge is 2.27. The van der Waals surface area contributed by atoms with Crippen LogP contribution < -0.4 is 0 Å². The van der Waals surface area contributed by atoms with Gasteiger partial charge in [0.1, 0.15) is 6.29 Å². The highest BCUT2D eigenvalue weighted by Crippen LogP contribution is 2.24. The van der Waals surface area contributed by atoms with Gasteiger partial charge >= 0.3 is 11.9 Å². The van der Waals surface area contributed by atoms with E-state index in [9.17, 15) is 19.2 Å². The molecule has 2 atom stereocenters. The Bertz CT molecular complexity index is 887. The zero-order valence-corrected chi connectivity index (χ0v) is 19.6. The molecular formula is C27H34O6. The van der Waals surface area contributed by atoms with Crippen LogP contribution in [0.25, 0.3) is 0 Å². The van der Waals surface area contributed by atoms with E-state index in [2.05, 4.69) is 13.8 Å². The first-order valence-electron chi connectivity index (χ1n) is 11.3. The van der Waals surface area contributed by atoms with Gasteiger partial charge in [-0.1, -0.05) is 75.4 Å². The van der Waals surface area contributed by atoms with Gasteiger partial charge in [0.25, 0.3) is 0 Å². The third-order valence-corrected chi connectivity index (χ3v) is 5.31. The molecule has 2 aromatic carbocycles. The van der Waals surface area contributed by atoms with Crippen molar-refractivity contribution < 1.29 is 29.4 Å². The lowest BCUT2D eigenvalue weighted by atomic mass is 9.84. The van der Waals surface area contributed by atoms with E-state index in [0.717, 1.165) is 18.3 Å². The predicted molar refractivity (Wildman–Crippen MR) is 128 cm³/mol. The van der Waals surface area contributed by atoms with Crippen molar-refractivity contribution in [3.8, 4) is 0 Å². The zero-order valence-electron chi connectivity index (χ0n) is 19.6. The number of ketones is 1. The number of carboxylic acids is 2. The molecule has 0 amide bonds. The molecule has 33 heavy (non-hydrogen) atoms. The second-order valence-corrected chi connectivity index (χ2v) is 8.50. The first-order valence-corrected chi connectivity index (χ1v) is 11.3. The van der Waals surface area contributed by atoms with Crippen LogP contribution in [-0.4, -0.2) is 34.2 Å². The quantitative estimate of drug-likeness (QED) is 0.321. The normalized spacial score (nSPS) is 12.2. The maximum Gasteiger partial charge on any atom is 0.306 e. The van der Waals surface area contributed by atoms with E-state index in [1.807, 2.05) is 24.3 Å². The minimum atomic E-state index is -0.982. The molecule has 0 saturated carbocycles. The molecule has 2 N–H and O–H groups in total. The van der Waals surface area contributed by atoms with Gasteiger partial charge in [0.05, 0.1) is 5.92 Å².